The zero-order valence-corrected chi connectivity index (χ0v) is 15.4. The summed E-state index contributed by atoms with van der Waals surface area (Å²) in [7, 11) is 5.11. The van der Waals surface area contributed by atoms with E-state index in [0.717, 1.165) is 40.5 Å². The highest BCUT2D eigenvalue weighted by atomic mass is 16.5. The predicted octanol–water partition coefficient (Wildman–Crippen LogP) is 2.24. The number of imidazole rings is 1. The molecule has 3 aromatic rings. The van der Waals surface area contributed by atoms with Crippen molar-refractivity contribution < 1.29 is 19.7 Å². The van der Waals surface area contributed by atoms with E-state index in [9.17, 15) is 10.3 Å². The second-order valence-corrected chi connectivity index (χ2v) is 7.45. The third-order valence-corrected chi connectivity index (χ3v) is 5.14. The minimum absolute atomic E-state index is 0.0175. The quantitative estimate of drug-likeness (QED) is 0.482. The smallest absolute Gasteiger partial charge is 0.131 e. The number of hydrogen-bond acceptors (Lipinski definition) is 5. The van der Waals surface area contributed by atoms with Crippen LogP contribution in [-0.4, -0.2) is 58.6 Å². The SMILES string of the molecule is COc1ccc2c(c1)c(O)c1c3c(ncn32)CCC1NCC[N+](C)(C)O. The van der Waals surface area contributed by atoms with Gasteiger partial charge in [-0.05, 0) is 31.0 Å². The number of fused-ring (bicyclic) bond motifs is 2. The van der Waals surface area contributed by atoms with Crippen molar-refractivity contribution in [3.8, 4) is 11.5 Å². The maximum atomic E-state index is 11.1. The first-order valence-corrected chi connectivity index (χ1v) is 8.86. The van der Waals surface area contributed by atoms with Gasteiger partial charge in [0.2, 0.25) is 0 Å². The average molecular weight is 357 g/mol. The molecule has 1 atom stereocenters. The molecule has 4 rings (SSSR count). The molecule has 7 heteroatoms. The summed E-state index contributed by atoms with van der Waals surface area (Å²) in [6.45, 7) is 1.24. The van der Waals surface area contributed by atoms with E-state index in [-0.39, 0.29) is 16.4 Å². The number of aryl methyl sites for hydroxylation is 1. The maximum absolute atomic E-state index is 11.1. The number of quaternary nitrogens is 1. The van der Waals surface area contributed by atoms with E-state index in [4.69, 9.17) is 4.74 Å². The normalized spacial score (nSPS) is 17.2. The number of methoxy groups -OCH3 is 1. The first-order chi connectivity index (χ1) is 12.4. The lowest BCUT2D eigenvalue weighted by molar-refractivity contribution is -1.07. The van der Waals surface area contributed by atoms with E-state index in [1.807, 2.05) is 24.5 Å². The number of nitrogens with zero attached hydrogens (tertiary/aromatic N) is 3. The van der Waals surface area contributed by atoms with Gasteiger partial charge in [-0.15, -0.1) is 0 Å². The molecule has 1 aliphatic carbocycles. The molecule has 0 saturated carbocycles. The van der Waals surface area contributed by atoms with E-state index in [1.54, 1.807) is 21.2 Å². The van der Waals surface area contributed by atoms with Crippen LogP contribution in [0.2, 0.25) is 0 Å². The number of hydroxylamine groups is 3. The third kappa shape index (κ3) is 2.78. The van der Waals surface area contributed by atoms with Gasteiger partial charge in [-0.1, -0.05) is 0 Å². The van der Waals surface area contributed by atoms with Crippen molar-refractivity contribution in [3.63, 3.8) is 0 Å². The van der Waals surface area contributed by atoms with Gasteiger partial charge in [0, 0.05) is 23.5 Å². The highest BCUT2D eigenvalue weighted by molar-refractivity contribution is 5.93. The fourth-order valence-electron chi connectivity index (χ4n) is 3.81. The molecule has 1 aromatic carbocycles. The zero-order chi connectivity index (χ0) is 18.5. The number of nitrogens with one attached hydrogen (secondary N) is 1. The number of aromatic hydroxyl groups is 1. The van der Waals surface area contributed by atoms with Gasteiger partial charge in [0.05, 0.1) is 37.9 Å². The summed E-state index contributed by atoms with van der Waals surface area (Å²) in [5.74, 6) is 0.988. The standard InChI is InChI=1S/C19H24N4O3/c1-23(2,25)9-8-20-14-5-6-15-18-17(14)19(24)13-10-12(26-3)4-7-16(13)22(18)11-21-15/h4,7,10-11,14,20,25H,5-6,8-9H2,1-3H3/p+1. The molecule has 0 spiro atoms. The van der Waals surface area contributed by atoms with Gasteiger partial charge in [-0.25, -0.2) is 10.2 Å². The van der Waals surface area contributed by atoms with Crippen molar-refractivity contribution in [2.75, 3.05) is 34.3 Å². The lowest BCUT2D eigenvalue weighted by Gasteiger charge is -2.27. The number of likely N-dealkylation sites (N-methyl/N-ethyl adjacent to an activating group) is 1. The minimum Gasteiger partial charge on any atom is -0.507 e. The Labute approximate surface area is 152 Å². The van der Waals surface area contributed by atoms with Crippen LogP contribution >= 0.6 is 0 Å². The Balaban J connectivity index is 1.83. The molecule has 0 saturated heterocycles. The lowest BCUT2D eigenvalue weighted by atomic mass is 9.91. The van der Waals surface area contributed by atoms with Gasteiger partial charge < -0.3 is 15.2 Å². The lowest BCUT2D eigenvalue weighted by Crippen LogP contribution is -2.42. The van der Waals surface area contributed by atoms with Crippen LogP contribution in [0.5, 0.6) is 11.5 Å². The number of rotatable bonds is 5. The van der Waals surface area contributed by atoms with Crippen LogP contribution in [0.15, 0.2) is 24.5 Å². The second kappa shape index (κ2) is 6.12. The predicted molar refractivity (Wildman–Crippen MR) is 98.7 cm³/mol. The molecular weight excluding hydrogens is 332 g/mol. The van der Waals surface area contributed by atoms with Crippen molar-refractivity contribution in [3.05, 3.63) is 35.8 Å². The molecule has 0 bridgehead atoms. The molecule has 0 amide bonds. The molecular formula is C19H25N4O3+. The summed E-state index contributed by atoms with van der Waals surface area (Å²) in [4.78, 5) is 4.56. The van der Waals surface area contributed by atoms with Gasteiger partial charge in [0.15, 0.2) is 0 Å². The second-order valence-electron chi connectivity index (χ2n) is 7.45. The average Bonchev–Trinajstić information content (AvgIpc) is 3.03. The third-order valence-electron chi connectivity index (χ3n) is 5.14. The number of ether oxygens (including phenoxy) is 1. The molecule has 7 nitrogen and oxygen atoms in total. The van der Waals surface area contributed by atoms with Crippen molar-refractivity contribution in [2.45, 2.75) is 18.9 Å². The van der Waals surface area contributed by atoms with Gasteiger partial charge in [-0.3, -0.25) is 4.40 Å². The molecule has 0 fully saturated rings. The summed E-state index contributed by atoms with van der Waals surface area (Å²) in [5.41, 5.74) is 3.80. The van der Waals surface area contributed by atoms with Crippen LogP contribution < -0.4 is 10.1 Å². The van der Waals surface area contributed by atoms with Crippen molar-refractivity contribution in [1.29, 1.82) is 0 Å². The summed E-state index contributed by atoms with van der Waals surface area (Å²) >= 11 is 0. The molecule has 2 heterocycles. The largest absolute Gasteiger partial charge is 0.507 e. The Morgan fingerprint density at radius 1 is 1.38 bits per heavy atom. The van der Waals surface area contributed by atoms with Crippen LogP contribution in [0, 0.1) is 0 Å². The maximum Gasteiger partial charge on any atom is 0.131 e. The van der Waals surface area contributed by atoms with Crippen LogP contribution in [0.25, 0.3) is 16.4 Å². The molecule has 3 N–H and O–H groups in total. The summed E-state index contributed by atoms with van der Waals surface area (Å²) < 4.78 is 7.30. The fourth-order valence-corrected chi connectivity index (χ4v) is 3.81. The van der Waals surface area contributed by atoms with Crippen molar-refractivity contribution in [1.82, 2.24) is 14.7 Å². The molecule has 0 aliphatic heterocycles. The number of aromatic nitrogens is 2. The van der Waals surface area contributed by atoms with E-state index in [0.29, 0.717) is 18.8 Å². The molecule has 26 heavy (non-hydrogen) atoms. The van der Waals surface area contributed by atoms with E-state index >= 15 is 0 Å². The Morgan fingerprint density at radius 2 is 2.19 bits per heavy atom. The highest BCUT2D eigenvalue weighted by Crippen LogP contribution is 2.42. The molecule has 138 valence electrons. The van der Waals surface area contributed by atoms with Crippen LogP contribution in [0.3, 0.4) is 0 Å². The van der Waals surface area contributed by atoms with Crippen LogP contribution in [-0.2, 0) is 6.42 Å². The van der Waals surface area contributed by atoms with Gasteiger partial charge in [0.1, 0.15) is 24.4 Å². The highest BCUT2D eigenvalue weighted by Gasteiger charge is 2.29. The fraction of sp³-hybridized carbons (Fsp3) is 0.421. The van der Waals surface area contributed by atoms with Crippen LogP contribution in [0.1, 0.15) is 23.7 Å². The van der Waals surface area contributed by atoms with E-state index in [1.165, 1.54) is 0 Å². The topological polar surface area (TPSA) is 79.0 Å². The molecule has 1 unspecified atom stereocenters. The van der Waals surface area contributed by atoms with Crippen LogP contribution in [0.4, 0.5) is 0 Å². The van der Waals surface area contributed by atoms with Crippen molar-refractivity contribution >= 4 is 16.4 Å². The van der Waals surface area contributed by atoms with Gasteiger partial charge in [0.25, 0.3) is 0 Å². The summed E-state index contributed by atoms with van der Waals surface area (Å²) in [6.07, 6.45) is 3.56. The monoisotopic (exact) mass is 357 g/mol. The number of pyridine rings is 1. The Hall–Kier alpha value is -2.35. The molecule has 2 aromatic heterocycles. The first kappa shape index (κ1) is 17.1. The first-order valence-electron chi connectivity index (χ1n) is 8.86. The zero-order valence-electron chi connectivity index (χ0n) is 15.4. The minimum atomic E-state index is -0.0893. The van der Waals surface area contributed by atoms with Gasteiger partial charge >= 0.3 is 0 Å². The Morgan fingerprint density at radius 3 is 2.92 bits per heavy atom. The van der Waals surface area contributed by atoms with E-state index < -0.39 is 0 Å². The van der Waals surface area contributed by atoms with E-state index in [2.05, 4.69) is 14.7 Å². The molecule has 0 radical (unpaired) electrons. The molecule has 1 aliphatic rings. The Kier molecular flexibility index (Phi) is 4.02. The number of hydrogen-bond donors (Lipinski definition) is 3. The Bertz CT molecular complexity index is 974. The van der Waals surface area contributed by atoms with Gasteiger partial charge in [-0.2, -0.15) is 4.65 Å². The summed E-state index contributed by atoms with van der Waals surface area (Å²) in [6, 6.07) is 5.72. The van der Waals surface area contributed by atoms with Crippen molar-refractivity contribution in [2.24, 2.45) is 0 Å². The number of benzene rings is 1. The summed E-state index contributed by atoms with van der Waals surface area (Å²) in [5, 5.41) is 25.2.